The van der Waals surface area contributed by atoms with Gasteiger partial charge in [-0.25, -0.2) is 0 Å². The molecule has 2 atom stereocenters. The molecule has 5 nitrogen and oxygen atoms in total. The molecular formula is C25H50NO4+. The summed E-state index contributed by atoms with van der Waals surface area (Å²) in [6.07, 6.45) is 16.2. The third-order valence-corrected chi connectivity index (χ3v) is 5.56. The average molecular weight is 429 g/mol. The van der Waals surface area contributed by atoms with Crippen LogP contribution in [0.1, 0.15) is 110 Å². The van der Waals surface area contributed by atoms with Crippen LogP contribution < -0.4 is 0 Å². The summed E-state index contributed by atoms with van der Waals surface area (Å²) in [7, 11) is 5.91. The van der Waals surface area contributed by atoms with Gasteiger partial charge in [-0.3, -0.25) is 9.59 Å². The maximum absolute atomic E-state index is 12.0. The molecule has 0 radical (unpaired) electrons. The zero-order chi connectivity index (χ0) is 22.8. The highest BCUT2D eigenvalue weighted by atomic mass is 16.5. The van der Waals surface area contributed by atoms with Crippen molar-refractivity contribution in [2.45, 2.75) is 116 Å². The number of quaternary nitrogens is 1. The SMILES string of the molecule is CCCC(C)CCCCCCCCCCCCC(=O)OC(CC(=O)O)C[N+](C)(C)C. The zero-order valence-corrected chi connectivity index (χ0v) is 20.6. The summed E-state index contributed by atoms with van der Waals surface area (Å²) < 4.78 is 5.99. The topological polar surface area (TPSA) is 63.6 Å². The van der Waals surface area contributed by atoms with Gasteiger partial charge in [0.15, 0.2) is 6.10 Å². The molecule has 30 heavy (non-hydrogen) atoms. The van der Waals surface area contributed by atoms with Crippen LogP contribution in [0, 0.1) is 5.92 Å². The monoisotopic (exact) mass is 428 g/mol. The van der Waals surface area contributed by atoms with Crippen LogP contribution in [0.2, 0.25) is 0 Å². The molecular weight excluding hydrogens is 378 g/mol. The Labute approximate surface area is 186 Å². The number of ether oxygens (including phenoxy) is 1. The molecule has 2 unspecified atom stereocenters. The first-order valence-electron chi connectivity index (χ1n) is 12.4. The molecule has 0 rings (SSSR count). The van der Waals surface area contributed by atoms with E-state index >= 15 is 0 Å². The van der Waals surface area contributed by atoms with Crippen molar-refractivity contribution in [2.24, 2.45) is 5.92 Å². The lowest BCUT2D eigenvalue weighted by Gasteiger charge is -2.28. The van der Waals surface area contributed by atoms with Crippen molar-refractivity contribution >= 4 is 11.9 Å². The molecule has 0 aromatic heterocycles. The zero-order valence-electron chi connectivity index (χ0n) is 20.6. The van der Waals surface area contributed by atoms with Crippen molar-refractivity contribution < 1.29 is 23.9 Å². The van der Waals surface area contributed by atoms with E-state index < -0.39 is 12.1 Å². The molecule has 0 aliphatic heterocycles. The number of carbonyl (C=O) groups excluding carboxylic acids is 1. The van der Waals surface area contributed by atoms with Crippen LogP contribution in [-0.2, 0) is 14.3 Å². The number of carbonyl (C=O) groups is 2. The number of nitrogens with zero attached hydrogens (tertiary/aromatic N) is 1. The standard InChI is InChI=1S/C25H49NO4/c1-6-17-22(2)18-15-13-11-9-7-8-10-12-14-16-19-25(29)30-23(20-24(27)28)21-26(3,4)5/h22-23H,6-21H2,1-5H3/p+1. The fourth-order valence-electron chi connectivity index (χ4n) is 4.01. The minimum atomic E-state index is -0.924. The van der Waals surface area contributed by atoms with Crippen molar-refractivity contribution in [3.8, 4) is 0 Å². The van der Waals surface area contributed by atoms with E-state index in [-0.39, 0.29) is 12.4 Å². The van der Waals surface area contributed by atoms with Crippen LogP contribution in [0.15, 0.2) is 0 Å². The van der Waals surface area contributed by atoms with Gasteiger partial charge in [0, 0.05) is 6.42 Å². The summed E-state index contributed by atoms with van der Waals surface area (Å²) in [6, 6.07) is 0. The van der Waals surface area contributed by atoms with Gasteiger partial charge in [-0.1, -0.05) is 90.9 Å². The molecule has 0 bridgehead atoms. The van der Waals surface area contributed by atoms with E-state index in [1.807, 2.05) is 21.1 Å². The van der Waals surface area contributed by atoms with Gasteiger partial charge in [0.2, 0.25) is 0 Å². The van der Waals surface area contributed by atoms with Gasteiger partial charge in [-0.2, -0.15) is 0 Å². The molecule has 0 aromatic rings. The highest BCUT2D eigenvalue weighted by Gasteiger charge is 2.24. The van der Waals surface area contributed by atoms with E-state index in [0.717, 1.165) is 18.8 Å². The number of carboxylic acid groups (broad SMARTS) is 1. The van der Waals surface area contributed by atoms with E-state index in [1.165, 1.54) is 70.6 Å². The number of carboxylic acids is 1. The average Bonchev–Trinajstić information content (AvgIpc) is 2.60. The smallest absolute Gasteiger partial charge is 0.307 e. The lowest BCUT2D eigenvalue weighted by atomic mass is 9.98. The van der Waals surface area contributed by atoms with Crippen LogP contribution in [0.25, 0.3) is 0 Å². The summed E-state index contributed by atoms with van der Waals surface area (Å²) in [4.78, 5) is 23.0. The first-order chi connectivity index (χ1) is 14.1. The van der Waals surface area contributed by atoms with Gasteiger partial charge in [0.05, 0.1) is 27.6 Å². The van der Waals surface area contributed by atoms with Crippen LogP contribution in [0.5, 0.6) is 0 Å². The van der Waals surface area contributed by atoms with Gasteiger partial charge in [0.1, 0.15) is 6.54 Å². The van der Waals surface area contributed by atoms with E-state index in [2.05, 4.69) is 13.8 Å². The number of hydrogen-bond donors (Lipinski definition) is 1. The van der Waals surface area contributed by atoms with Gasteiger partial charge in [-0.05, 0) is 12.3 Å². The number of likely N-dealkylation sites (N-methyl/N-ethyl adjacent to an activating group) is 1. The minimum absolute atomic E-state index is 0.126. The molecule has 0 aromatic carbocycles. The lowest BCUT2D eigenvalue weighted by Crippen LogP contribution is -2.43. The molecule has 0 heterocycles. The van der Waals surface area contributed by atoms with Gasteiger partial charge in [-0.15, -0.1) is 0 Å². The van der Waals surface area contributed by atoms with E-state index in [0.29, 0.717) is 17.4 Å². The highest BCUT2D eigenvalue weighted by molar-refractivity contribution is 5.71. The molecule has 178 valence electrons. The Kier molecular flexibility index (Phi) is 16.9. The molecule has 0 amide bonds. The molecule has 0 spiro atoms. The van der Waals surface area contributed by atoms with Crippen molar-refractivity contribution in [2.75, 3.05) is 27.7 Å². The summed E-state index contributed by atoms with van der Waals surface area (Å²) in [5.41, 5.74) is 0. The molecule has 0 saturated heterocycles. The fourth-order valence-corrected chi connectivity index (χ4v) is 4.01. The molecule has 0 fully saturated rings. The highest BCUT2D eigenvalue weighted by Crippen LogP contribution is 2.17. The Bertz CT molecular complexity index is 445. The maximum atomic E-state index is 12.0. The van der Waals surface area contributed by atoms with Crippen molar-refractivity contribution in [3.05, 3.63) is 0 Å². The number of hydrogen-bond acceptors (Lipinski definition) is 3. The second-order valence-electron chi connectivity index (χ2n) is 10.2. The first kappa shape index (κ1) is 28.9. The fraction of sp³-hybridized carbons (Fsp3) is 0.920. The van der Waals surface area contributed by atoms with Gasteiger partial charge in [0.25, 0.3) is 0 Å². The molecule has 5 heteroatoms. The second kappa shape index (κ2) is 17.6. The number of esters is 1. The predicted octanol–water partition coefficient (Wildman–Crippen LogP) is 6.20. The van der Waals surface area contributed by atoms with Crippen LogP contribution in [0.3, 0.4) is 0 Å². The maximum Gasteiger partial charge on any atom is 0.307 e. The van der Waals surface area contributed by atoms with E-state index in [1.54, 1.807) is 0 Å². The third kappa shape index (κ3) is 20.2. The summed E-state index contributed by atoms with van der Waals surface area (Å²) in [5, 5.41) is 9.01. The quantitative estimate of drug-likeness (QED) is 0.142. The van der Waals surface area contributed by atoms with Gasteiger partial charge >= 0.3 is 11.9 Å². The Hall–Kier alpha value is -1.10. The molecule has 0 aliphatic rings. The van der Waals surface area contributed by atoms with Crippen LogP contribution in [0.4, 0.5) is 0 Å². The summed E-state index contributed by atoms with van der Waals surface area (Å²) in [6.45, 7) is 5.16. The van der Waals surface area contributed by atoms with Crippen molar-refractivity contribution in [1.29, 1.82) is 0 Å². The first-order valence-corrected chi connectivity index (χ1v) is 12.4. The van der Waals surface area contributed by atoms with Gasteiger partial charge < -0.3 is 14.3 Å². The Balaban J connectivity index is 3.62. The predicted molar refractivity (Wildman–Crippen MR) is 125 cm³/mol. The summed E-state index contributed by atoms with van der Waals surface area (Å²) in [5.74, 6) is -0.289. The Morgan fingerprint density at radius 2 is 1.33 bits per heavy atom. The minimum Gasteiger partial charge on any atom is -0.481 e. The van der Waals surface area contributed by atoms with E-state index in [9.17, 15) is 9.59 Å². The van der Waals surface area contributed by atoms with Crippen molar-refractivity contribution in [1.82, 2.24) is 0 Å². The number of unbranched alkanes of at least 4 members (excludes halogenated alkanes) is 9. The molecule has 0 aliphatic carbocycles. The number of rotatable bonds is 20. The molecule has 0 saturated carbocycles. The van der Waals surface area contributed by atoms with Crippen LogP contribution >= 0.6 is 0 Å². The third-order valence-electron chi connectivity index (χ3n) is 5.56. The largest absolute Gasteiger partial charge is 0.481 e. The van der Waals surface area contributed by atoms with Crippen LogP contribution in [-0.4, -0.2) is 55.3 Å². The number of aliphatic carboxylic acids is 1. The van der Waals surface area contributed by atoms with E-state index in [4.69, 9.17) is 9.84 Å². The summed E-state index contributed by atoms with van der Waals surface area (Å²) >= 11 is 0. The normalized spacial score (nSPS) is 13.8. The second-order valence-corrected chi connectivity index (χ2v) is 10.2. The molecule has 1 N–H and O–H groups in total. The lowest BCUT2D eigenvalue weighted by molar-refractivity contribution is -0.873. The van der Waals surface area contributed by atoms with Crippen molar-refractivity contribution in [3.63, 3.8) is 0 Å². The Morgan fingerprint density at radius 3 is 1.80 bits per heavy atom. The Morgan fingerprint density at radius 1 is 0.833 bits per heavy atom.